The van der Waals surface area contributed by atoms with E-state index in [0.717, 1.165) is 6.07 Å². The van der Waals surface area contributed by atoms with Gasteiger partial charge in [0, 0.05) is 0 Å². The molecular formula is C12H15Cl2NO5S. The molecule has 118 valence electrons. The molecule has 2 N–H and O–H groups in total. The van der Waals surface area contributed by atoms with Crippen molar-refractivity contribution < 1.29 is 22.7 Å². The molecule has 0 atom stereocenters. The quantitative estimate of drug-likeness (QED) is 0.623. The third kappa shape index (κ3) is 5.44. The maximum atomic E-state index is 11.8. The summed E-state index contributed by atoms with van der Waals surface area (Å²) in [6.07, 6.45) is 0.0164. The molecule has 0 bridgehead atoms. The number of nitrogens with two attached hydrogens (primary N) is 1. The maximum Gasteiger partial charge on any atom is 0.338 e. The predicted molar refractivity (Wildman–Crippen MR) is 79.2 cm³/mol. The molecule has 21 heavy (non-hydrogen) atoms. The first-order valence-corrected chi connectivity index (χ1v) is 8.23. The number of sulfonamides is 1. The van der Waals surface area contributed by atoms with Gasteiger partial charge < -0.3 is 9.47 Å². The highest BCUT2D eigenvalue weighted by molar-refractivity contribution is 7.89. The molecule has 0 aliphatic carbocycles. The summed E-state index contributed by atoms with van der Waals surface area (Å²) in [4.78, 5) is 11.4. The molecule has 0 aliphatic heterocycles. The summed E-state index contributed by atoms with van der Waals surface area (Å²) in [5, 5.41) is 4.67. The standard InChI is InChI=1S/C12H15Cl2NO5S/c1-7(2)19-3-4-20-12(16)8-5-9(13)11(14)10(6-8)21(15,17)18/h5-7H,3-4H2,1-2H3,(H2,15,17,18). The molecule has 1 aromatic carbocycles. The Labute approximate surface area is 133 Å². The summed E-state index contributed by atoms with van der Waals surface area (Å²) >= 11 is 11.5. The summed E-state index contributed by atoms with van der Waals surface area (Å²) in [5.74, 6) is -0.745. The fourth-order valence-corrected chi connectivity index (χ4v) is 2.75. The van der Waals surface area contributed by atoms with Crippen LogP contribution in [-0.2, 0) is 19.5 Å². The van der Waals surface area contributed by atoms with E-state index in [0.29, 0.717) is 0 Å². The van der Waals surface area contributed by atoms with Gasteiger partial charge in [0.15, 0.2) is 0 Å². The molecule has 0 heterocycles. The van der Waals surface area contributed by atoms with Crippen LogP contribution in [0.4, 0.5) is 0 Å². The van der Waals surface area contributed by atoms with Crippen LogP contribution in [0.5, 0.6) is 0 Å². The van der Waals surface area contributed by atoms with Gasteiger partial charge in [-0.2, -0.15) is 0 Å². The molecule has 6 nitrogen and oxygen atoms in total. The molecule has 0 fully saturated rings. The molecule has 0 amide bonds. The normalized spacial score (nSPS) is 11.7. The van der Waals surface area contributed by atoms with Crippen LogP contribution in [-0.4, -0.2) is 33.7 Å². The highest BCUT2D eigenvalue weighted by Crippen LogP contribution is 2.30. The van der Waals surface area contributed by atoms with Gasteiger partial charge >= 0.3 is 5.97 Å². The lowest BCUT2D eigenvalue weighted by molar-refractivity contribution is 0.0177. The molecule has 1 rings (SSSR count). The highest BCUT2D eigenvalue weighted by Gasteiger charge is 2.20. The summed E-state index contributed by atoms with van der Waals surface area (Å²) in [6, 6.07) is 2.24. The first kappa shape index (κ1) is 18.2. The third-order valence-electron chi connectivity index (χ3n) is 2.30. The van der Waals surface area contributed by atoms with Crippen molar-refractivity contribution in [3.63, 3.8) is 0 Å². The van der Waals surface area contributed by atoms with Crippen molar-refractivity contribution in [2.24, 2.45) is 5.14 Å². The van der Waals surface area contributed by atoms with Crippen molar-refractivity contribution in [3.05, 3.63) is 27.7 Å². The van der Waals surface area contributed by atoms with Crippen LogP contribution in [0.25, 0.3) is 0 Å². The number of hydrogen-bond donors (Lipinski definition) is 1. The van der Waals surface area contributed by atoms with Crippen LogP contribution in [0, 0.1) is 0 Å². The number of ether oxygens (including phenoxy) is 2. The second-order valence-electron chi connectivity index (χ2n) is 4.37. The van der Waals surface area contributed by atoms with Gasteiger partial charge in [0.25, 0.3) is 0 Å². The smallest absolute Gasteiger partial charge is 0.338 e. The first-order valence-electron chi connectivity index (χ1n) is 5.93. The number of rotatable bonds is 6. The Morgan fingerprint density at radius 2 is 1.90 bits per heavy atom. The SMILES string of the molecule is CC(C)OCCOC(=O)c1cc(Cl)c(Cl)c(S(N)(=O)=O)c1. The van der Waals surface area contributed by atoms with Crippen molar-refractivity contribution in [1.29, 1.82) is 0 Å². The molecule has 0 unspecified atom stereocenters. The molecule has 0 radical (unpaired) electrons. The Balaban J connectivity index is 2.89. The van der Waals surface area contributed by atoms with Gasteiger partial charge in [-0.3, -0.25) is 0 Å². The van der Waals surface area contributed by atoms with E-state index < -0.39 is 20.9 Å². The lowest BCUT2D eigenvalue weighted by atomic mass is 10.2. The molecular weight excluding hydrogens is 341 g/mol. The number of carbonyl (C=O) groups is 1. The van der Waals surface area contributed by atoms with Gasteiger partial charge in [-0.05, 0) is 26.0 Å². The summed E-state index contributed by atoms with van der Waals surface area (Å²) in [7, 11) is -4.10. The zero-order valence-corrected chi connectivity index (χ0v) is 13.8. The first-order chi connectivity index (χ1) is 9.62. The van der Waals surface area contributed by atoms with Crippen molar-refractivity contribution in [2.75, 3.05) is 13.2 Å². The van der Waals surface area contributed by atoms with E-state index in [1.54, 1.807) is 0 Å². The molecule has 1 aromatic rings. The zero-order chi connectivity index (χ0) is 16.2. The van der Waals surface area contributed by atoms with Gasteiger partial charge in [0.05, 0.1) is 28.3 Å². The van der Waals surface area contributed by atoms with Gasteiger partial charge in [0.1, 0.15) is 11.5 Å². The Morgan fingerprint density at radius 3 is 2.43 bits per heavy atom. The second-order valence-corrected chi connectivity index (χ2v) is 6.69. The van der Waals surface area contributed by atoms with Crippen molar-refractivity contribution >= 4 is 39.2 Å². The fourth-order valence-electron chi connectivity index (χ4n) is 1.39. The van der Waals surface area contributed by atoms with E-state index in [-0.39, 0.29) is 34.9 Å². The lowest BCUT2D eigenvalue weighted by Crippen LogP contribution is -2.16. The van der Waals surface area contributed by atoms with Gasteiger partial charge in [-0.1, -0.05) is 23.2 Å². The fraction of sp³-hybridized carbons (Fsp3) is 0.417. The number of carbonyl (C=O) groups excluding carboxylic acids is 1. The number of esters is 1. The van der Waals surface area contributed by atoms with Gasteiger partial charge in [0.2, 0.25) is 10.0 Å². The van der Waals surface area contributed by atoms with Crippen LogP contribution < -0.4 is 5.14 Å². The molecule has 0 saturated carbocycles. The van der Waals surface area contributed by atoms with Crippen molar-refractivity contribution in [1.82, 2.24) is 0 Å². The monoisotopic (exact) mass is 355 g/mol. The maximum absolute atomic E-state index is 11.8. The number of halogens is 2. The van der Waals surface area contributed by atoms with E-state index in [4.69, 9.17) is 37.8 Å². The predicted octanol–water partition coefficient (Wildman–Crippen LogP) is 2.22. The van der Waals surface area contributed by atoms with E-state index in [9.17, 15) is 13.2 Å². The Kier molecular flexibility index (Phi) is 6.42. The lowest BCUT2D eigenvalue weighted by Gasteiger charge is -2.10. The Morgan fingerprint density at radius 1 is 1.29 bits per heavy atom. The Hall–Kier alpha value is -0.860. The largest absolute Gasteiger partial charge is 0.460 e. The summed E-state index contributed by atoms with van der Waals surface area (Å²) in [5.41, 5.74) is -0.0574. The summed E-state index contributed by atoms with van der Waals surface area (Å²) < 4.78 is 32.9. The zero-order valence-electron chi connectivity index (χ0n) is 11.4. The van der Waals surface area contributed by atoms with Crippen LogP contribution in [0.3, 0.4) is 0 Å². The highest BCUT2D eigenvalue weighted by atomic mass is 35.5. The minimum Gasteiger partial charge on any atom is -0.460 e. The molecule has 0 saturated heterocycles. The average Bonchev–Trinajstić information content (AvgIpc) is 2.35. The molecule has 0 aliphatic rings. The van der Waals surface area contributed by atoms with E-state index in [1.807, 2.05) is 13.8 Å². The van der Waals surface area contributed by atoms with Gasteiger partial charge in [-0.15, -0.1) is 0 Å². The minimum absolute atomic E-state index is 0.0164. The third-order valence-corrected chi connectivity index (χ3v) is 4.15. The van der Waals surface area contributed by atoms with Crippen molar-refractivity contribution in [3.8, 4) is 0 Å². The van der Waals surface area contributed by atoms with Crippen LogP contribution in [0.1, 0.15) is 24.2 Å². The number of benzene rings is 1. The average molecular weight is 356 g/mol. The topological polar surface area (TPSA) is 95.7 Å². The minimum atomic E-state index is -4.10. The van der Waals surface area contributed by atoms with E-state index in [1.165, 1.54) is 6.07 Å². The van der Waals surface area contributed by atoms with Crippen molar-refractivity contribution in [2.45, 2.75) is 24.8 Å². The number of hydrogen-bond acceptors (Lipinski definition) is 5. The Bertz CT molecular complexity index is 631. The van der Waals surface area contributed by atoms with E-state index >= 15 is 0 Å². The molecule has 0 aromatic heterocycles. The second kappa shape index (κ2) is 7.42. The van der Waals surface area contributed by atoms with Gasteiger partial charge in [-0.25, -0.2) is 18.4 Å². The number of primary sulfonamides is 1. The summed E-state index contributed by atoms with van der Waals surface area (Å²) in [6.45, 7) is 3.95. The van der Waals surface area contributed by atoms with Crippen LogP contribution in [0.2, 0.25) is 10.0 Å². The van der Waals surface area contributed by atoms with Crippen LogP contribution in [0.15, 0.2) is 17.0 Å². The van der Waals surface area contributed by atoms with E-state index in [2.05, 4.69) is 0 Å². The molecule has 9 heteroatoms. The molecule has 0 spiro atoms. The van der Waals surface area contributed by atoms with Crippen LogP contribution >= 0.6 is 23.2 Å².